The van der Waals surface area contributed by atoms with Gasteiger partial charge in [-0.3, -0.25) is 9.52 Å². The Bertz CT molecular complexity index is 191. The first-order valence-corrected chi connectivity index (χ1v) is 4.82. The molecular weight excluding hydrogens is 180 g/mol. The average molecular weight is 192 g/mol. The van der Waals surface area contributed by atoms with Gasteiger partial charge in [0.1, 0.15) is 0 Å². The van der Waals surface area contributed by atoms with Gasteiger partial charge >= 0.3 is 0 Å². The lowest BCUT2D eigenvalue weighted by Gasteiger charge is -2.24. The molecule has 0 radical (unpaired) electrons. The highest BCUT2D eigenvalue weighted by atomic mass is 32.2. The van der Waals surface area contributed by atoms with E-state index in [4.69, 9.17) is 4.74 Å². The molecule has 0 aliphatic carbocycles. The number of morpholine rings is 1. The van der Waals surface area contributed by atoms with Crippen LogP contribution in [-0.4, -0.2) is 40.7 Å². The number of amides is 1. The summed E-state index contributed by atoms with van der Waals surface area (Å²) >= 11 is -1.38. The van der Waals surface area contributed by atoms with Gasteiger partial charge in [0.25, 0.3) is 0 Å². The molecule has 0 spiro atoms. The predicted octanol–water partition coefficient (Wildman–Crippen LogP) is -0.967. The van der Waals surface area contributed by atoms with E-state index in [-0.39, 0.29) is 5.91 Å². The molecule has 0 aromatic rings. The Labute approximate surface area is 73.8 Å². The highest BCUT2D eigenvalue weighted by molar-refractivity contribution is 7.81. The van der Waals surface area contributed by atoms with Gasteiger partial charge in [0.05, 0.1) is 13.2 Å². The van der Waals surface area contributed by atoms with Gasteiger partial charge in [0.2, 0.25) is 5.91 Å². The summed E-state index contributed by atoms with van der Waals surface area (Å²) in [5.74, 6) is -0.278. The molecule has 1 heterocycles. The molecule has 1 amide bonds. The van der Waals surface area contributed by atoms with Gasteiger partial charge in [-0.25, -0.2) is 8.51 Å². The maximum Gasteiger partial charge on any atom is 0.229 e. The Morgan fingerprint density at radius 2 is 2.08 bits per heavy atom. The highest BCUT2D eigenvalue weighted by Crippen LogP contribution is 1.98. The number of hydrogen-bond donors (Lipinski definition) is 1. The van der Waals surface area contributed by atoms with E-state index in [1.165, 1.54) is 6.92 Å². The van der Waals surface area contributed by atoms with Gasteiger partial charge in [0, 0.05) is 20.0 Å². The zero-order valence-corrected chi connectivity index (χ0v) is 7.73. The second-order valence-electron chi connectivity index (χ2n) is 2.45. The maximum atomic E-state index is 11.3. The Hall–Kier alpha value is -0.460. The molecular formula is C6H12N2O3S. The van der Waals surface area contributed by atoms with Gasteiger partial charge in [-0.05, 0) is 0 Å². The van der Waals surface area contributed by atoms with Crippen LogP contribution >= 0.6 is 0 Å². The summed E-state index contributed by atoms with van der Waals surface area (Å²) in [5.41, 5.74) is 0. The highest BCUT2D eigenvalue weighted by Gasteiger charge is 2.16. The van der Waals surface area contributed by atoms with Crippen LogP contribution in [0.5, 0.6) is 0 Å². The molecule has 0 bridgehead atoms. The number of ether oxygens (including phenoxy) is 1. The first kappa shape index (κ1) is 9.63. The first-order chi connectivity index (χ1) is 5.70. The second-order valence-corrected chi connectivity index (χ2v) is 3.67. The fourth-order valence-electron chi connectivity index (χ4n) is 0.900. The molecule has 70 valence electrons. The summed E-state index contributed by atoms with van der Waals surface area (Å²) in [4.78, 5) is 10.5. The molecule has 6 heteroatoms. The molecule has 1 aliphatic heterocycles. The third kappa shape index (κ3) is 2.88. The lowest BCUT2D eigenvalue weighted by molar-refractivity contribution is -0.117. The Morgan fingerprint density at radius 1 is 1.50 bits per heavy atom. The molecule has 0 aromatic heterocycles. The maximum absolute atomic E-state index is 11.3. The molecule has 1 aliphatic rings. The summed E-state index contributed by atoms with van der Waals surface area (Å²) in [5, 5.41) is 0. The molecule has 5 nitrogen and oxygen atoms in total. The summed E-state index contributed by atoms with van der Waals surface area (Å²) in [6, 6.07) is 0. The number of carbonyl (C=O) groups excluding carboxylic acids is 1. The summed E-state index contributed by atoms with van der Waals surface area (Å²) < 4.78 is 20.3. The Kier molecular flexibility index (Phi) is 3.64. The van der Waals surface area contributed by atoms with Crippen LogP contribution in [-0.2, 0) is 20.7 Å². The van der Waals surface area contributed by atoms with Crippen molar-refractivity contribution in [2.24, 2.45) is 0 Å². The van der Waals surface area contributed by atoms with E-state index in [1.54, 1.807) is 4.31 Å². The third-order valence-electron chi connectivity index (χ3n) is 1.44. The number of nitrogens with zero attached hydrogens (tertiary/aromatic N) is 1. The number of hydrogen-bond acceptors (Lipinski definition) is 3. The fourth-order valence-corrected chi connectivity index (χ4v) is 1.76. The zero-order chi connectivity index (χ0) is 8.97. The standard InChI is InChI=1S/C6H12N2O3S/c1-6(9)7-12(10)8-2-4-11-5-3-8/h2-5H2,1H3,(H,7,9). The van der Waals surface area contributed by atoms with Crippen molar-refractivity contribution in [1.82, 2.24) is 9.03 Å². The minimum Gasteiger partial charge on any atom is -0.379 e. The normalized spacial score (nSPS) is 21.8. The van der Waals surface area contributed by atoms with Crippen molar-refractivity contribution < 1.29 is 13.7 Å². The van der Waals surface area contributed by atoms with Crippen molar-refractivity contribution in [2.45, 2.75) is 6.92 Å². The lowest BCUT2D eigenvalue weighted by Crippen LogP contribution is -2.43. The molecule has 1 rings (SSSR count). The van der Waals surface area contributed by atoms with E-state index >= 15 is 0 Å². The molecule has 1 saturated heterocycles. The number of nitrogens with one attached hydrogen (secondary N) is 1. The van der Waals surface area contributed by atoms with Crippen LogP contribution in [0.15, 0.2) is 0 Å². The number of rotatable bonds is 2. The fraction of sp³-hybridized carbons (Fsp3) is 0.833. The minimum absolute atomic E-state index is 0.278. The van der Waals surface area contributed by atoms with Crippen molar-refractivity contribution in [2.75, 3.05) is 26.3 Å². The minimum atomic E-state index is -1.38. The van der Waals surface area contributed by atoms with Gasteiger partial charge in [0.15, 0.2) is 11.2 Å². The van der Waals surface area contributed by atoms with Crippen LogP contribution in [0, 0.1) is 0 Å². The van der Waals surface area contributed by atoms with Crippen molar-refractivity contribution >= 4 is 17.1 Å². The second kappa shape index (κ2) is 4.54. The topological polar surface area (TPSA) is 58.6 Å². The third-order valence-corrected chi connectivity index (χ3v) is 2.73. The summed E-state index contributed by atoms with van der Waals surface area (Å²) in [6.07, 6.45) is 0. The van der Waals surface area contributed by atoms with Crippen molar-refractivity contribution in [3.63, 3.8) is 0 Å². The van der Waals surface area contributed by atoms with Crippen LogP contribution in [0.4, 0.5) is 0 Å². The van der Waals surface area contributed by atoms with E-state index in [0.717, 1.165) is 0 Å². The van der Waals surface area contributed by atoms with Crippen LogP contribution in [0.3, 0.4) is 0 Å². The van der Waals surface area contributed by atoms with E-state index in [2.05, 4.69) is 4.72 Å². The Balaban J connectivity index is 2.34. The number of carbonyl (C=O) groups is 1. The summed E-state index contributed by atoms with van der Waals surface area (Å²) in [6.45, 7) is 3.70. The largest absolute Gasteiger partial charge is 0.379 e. The Morgan fingerprint density at radius 3 is 2.58 bits per heavy atom. The van der Waals surface area contributed by atoms with Crippen molar-refractivity contribution in [3.05, 3.63) is 0 Å². The van der Waals surface area contributed by atoms with Gasteiger partial charge in [-0.15, -0.1) is 0 Å². The van der Waals surface area contributed by atoms with E-state index in [0.29, 0.717) is 26.3 Å². The molecule has 0 aromatic carbocycles. The predicted molar refractivity (Wildman–Crippen MR) is 44.4 cm³/mol. The van der Waals surface area contributed by atoms with Crippen LogP contribution in [0.1, 0.15) is 6.92 Å². The molecule has 1 unspecified atom stereocenters. The van der Waals surface area contributed by atoms with Gasteiger partial charge in [-0.1, -0.05) is 0 Å². The molecule has 1 atom stereocenters. The molecule has 12 heavy (non-hydrogen) atoms. The monoisotopic (exact) mass is 192 g/mol. The van der Waals surface area contributed by atoms with Crippen LogP contribution < -0.4 is 4.72 Å². The molecule has 0 saturated carbocycles. The lowest BCUT2D eigenvalue weighted by atomic mass is 10.5. The molecule has 1 fully saturated rings. The quantitative estimate of drug-likeness (QED) is 0.612. The van der Waals surface area contributed by atoms with Gasteiger partial charge in [-0.2, -0.15) is 0 Å². The molecule has 1 N–H and O–H groups in total. The van der Waals surface area contributed by atoms with Crippen molar-refractivity contribution in [1.29, 1.82) is 0 Å². The summed E-state index contributed by atoms with van der Waals surface area (Å²) in [7, 11) is 0. The smallest absolute Gasteiger partial charge is 0.229 e. The van der Waals surface area contributed by atoms with Gasteiger partial charge < -0.3 is 4.74 Å². The average Bonchev–Trinajstić information content (AvgIpc) is 2.05. The SMILES string of the molecule is CC(=O)NS(=O)N1CCOCC1. The van der Waals surface area contributed by atoms with E-state index < -0.39 is 11.2 Å². The zero-order valence-electron chi connectivity index (χ0n) is 6.91. The van der Waals surface area contributed by atoms with Crippen LogP contribution in [0.2, 0.25) is 0 Å². The van der Waals surface area contributed by atoms with E-state index in [1.807, 2.05) is 0 Å². The first-order valence-electron chi connectivity index (χ1n) is 3.72. The van der Waals surface area contributed by atoms with Crippen molar-refractivity contribution in [3.8, 4) is 0 Å². The van der Waals surface area contributed by atoms with E-state index in [9.17, 15) is 9.00 Å². The van der Waals surface area contributed by atoms with Crippen LogP contribution in [0.25, 0.3) is 0 Å².